The van der Waals surface area contributed by atoms with E-state index in [9.17, 15) is 13.9 Å². The third-order valence-electron chi connectivity index (χ3n) is 2.55. The Kier molecular flexibility index (Phi) is 2.35. The molecule has 1 saturated carbocycles. The summed E-state index contributed by atoms with van der Waals surface area (Å²) in [6.45, 7) is 0. The fraction of sp³-hybridized carbons (Fsp3) is 0.400. The normalized spacial score (nSPS) is 17.7. The zero-order valence-electron chi connectivity index (χ0n) is 7.98. The molecule has 1 aliphatic rings. The summed E-state index contributed by atoms with van der Waals surface area (Å²) in [7, 11) is 1.30. The molecule has 82 valence electrons. The van der Waals surface area contributed by atoms with E-state index >= 15 is 0 Å². The molecule has 1 fully saturated rings. The average Bonchev–Trinajstić information content (AvgIpc) is 2.94. The van der Waals surface area contributed by atoms with E-state index in [4.69, 9.17) is 16.3 Å². The molecule has 15 heavy (non-hydrogen) atoms. The van der Waals surface area contributed by atoms with Crippen LogP contribution in [0.15, 0.2) is 6.07 Å². The summed E-state index contributed by atoms with van der Waals surface area (Å²) in [6, 6.07) is 0.938. The van der Waals surface area contributed by atoms with Crippen molar-refractivity contribution in [2.45, 2.75) is 18.4 Å². The van der Waals surface area contributed by atoms with Crippen LogP contribution in [-0.2, 0) is 5.60 Å². The number of ether oxygens (including phenoxy) is 1. The molecular weight excluding hydrogens is 226 g/mol. The first-order valence-corrected chi connectivity index (χ1v) is 4.82. The number of hydrogen-bond donors (Lipinski definition) is 1. The van der Waals surface area contributed by atoms with E-state index in [-0.39, 0.29) is 11.3 Å². The van der Waals surface area contributed by atoms with Gasteiger partial charge in [-0.3, -0.25) is 0 Å². The lowest BCUT2D eigenvalue weighted by Crippen LogP contribution is -2.09. The number of rotatable bonds is 2. The molecule has 0 atom stereocenters. The van der Waals surface area contributed by atoms with E-state index in [0.29, 0.717) is 12.8 Å². The summed E-state index contributed by atoms with van der Waals surface area (Å²) >= 11 is 5.59. The first-order valence-electron chi connectivity index (χ1n) is 4.44. The van der Waals surface area contributed by atoms with Crippen LogP contribution < -0.4 is 4.74 Å². The van der Waals surface area contributed by atoms with Crippen molar-refractivity contribution in [2.75, 3.05) is 7.11 Å². The van der Waals surface area contributed by atoms with Crippen molar-refractivity contribution in [1.29, 1.82) is 0 Å². The molecule has 1 aliphatic carbocycles. The molecule has 0 aliphatic heterocycles. The van der Waals surface area contributed by atoms with Crippen molar-refractivity contribution < 1.29 is 18.6 Å². The van der Waals surface area contributed by atoms with Crippen LogP contribution >= 0.6 is 11.6 Å². The highest BCUT2D eigenvalue weighted by Gasteiger charge is 2.45. The van der Waals surface area contributed by atoms with Crippen LogP contribution in [0.1, 0.15) is 18.4 Å². The van der Waals surface area contributed by atoms with Crippen LogP contribution in [0, 0.1) is 11.6 Å². The zero-order valence-corrected chi connectivity index (χ0v) is 8.74. The highest BCUT2D eigenvalue weighted by atomic mass is 35.5. The van der Waals surface area contributed by atoms with Crippen LogP contribution in [0.5, 0.6) is 5.75 Å². The van der Waals surface area contributed by atoms with E-state index in [0.717, 1.165) is 6.07 Å². The number of methoxy groups -OCH3 is 1. The van der Waals surface area contributed by atoms with Crippen molar-refractivity contribution in [3.8, 4) is 5.75 Å². The Morgan fingerprint density at radius 1 is 1.47 bits per heavy atom. The highest BCUT2D eigenvalue weighted by Crippen LogP contribution is 2.51. The largest absolute Gasteiger partial charge is 0.495 e. The Morgan fingerprint density at radius 3 is 2.53 bits per heavy atom. The number of benzene rings is 1. The number of aliphatic hydroxyl groups is 1. The fourth-order valence-corrected chi connectivity index (χ4v) is 1.78. The Balaban J connectivity index is 2.63. The standard InChI is InChI=1S/C10H9ClF2O2/c1-15-9-5(10(14)2-3-10)4-6(12)8(13)7(9)11/h4,14H,2-3H2,1H3. The Hall–Kier alpha value is -0.870. The topological polar surface area (TPSA) is 29.5 Å². The van der Waals surface area contributed by atoms with Crippen molar-refractivity contribution in [2.24, 2.45) is 0 Å². The summed E-state index contributed by atoms with van der Waals surface area (Å²) in [5.74, 6) is -2.21. The van der Waals surface area contributed by atoms with Gasteiger partial charge in [0.1, 0.15) is 10.8 Å². The first kappa shape index (κ1) is 10.6. The molecule has 1 aromatic carbocycles. The molecule has 1 N–H and O–H groups in total. The average molecular weight is 235 g/mol. The molecule has 2 rings (SSSR count). The number of halogens is 3. The van der Waals surface area contributed by atoms with E-state index < -0.39 is 22.3 Å². The van der Waals surface area contributed by atoms with Gasteiger partial charge in [0.15, 0.2) is 11.6 Å². The van der Waals surface area contributed by atoms with Crippen LogP contribution in [0.2, 0.25) is 5.02 Å². The lowest BCUT2D eigenvalue weighted by molar-refractivity contribution is 0.146. The fourth-order valence-electron chi connectivity index (χ4n) is 1.51. The lowest BCUT2D eigenvalue weighted by atomic mass is 10.1. The molecule has 1 aromatic rings. The maximum absolute atomic E-state index is 13.1. The number of hydrogen-bond acceptors (Lipinski definition) is 2. The predicted molar refractivity (Wildman–Crippen MR) is 51.1 cm³/mol. The smallest absolute Gasteiger partial charge is 0.181 e. The van der Waals surface area contributed by atoms with E-state index in [1.807, 2.05) is 0 Å². The summed E-state index contributed by atoms with van der Waals surface area (Å²) < 4.78 is 31.1. The maximum Gasteiger partial charge on any atom is 0.181 e. The van der Waals surface area contributed by atoms with Gasteiger partial charge < -0.3 is 9.84 Å². The quantitative estimate of drug-likeness (QED) is 0.797. The summed E-state index contributed by atoms with van der Waals surface area (Å²) in [4.78, 5) is 0. The van der Waals surface area contributed by atoms with Gasteiger partial charge in [-0.1, -0.05) is 11.6 Å². The lowest BCUT2D eigenvalue weighted by Gasteiger charge is -2.15. The van der Waals surface area contributed by atoms with Crippen LogP contribution in [0.25, 0.3) is 0 Å². The highest BCUT2D eigenvalue weighted by molar-refractivity contribution is 6.32. The van der Waals surface area contributed by atoms with Gasteiger partial charge in [-0.05, 0) is 18.9 Å². The van der Waals surface area contributed by atoms with E-state index in [1.54, 1.807) is 0 Å². The van der Waals surface area contributed by atoms with Gasteiger partial charge in [0.2, 0.25) is 0 Å². The van der Waals surface area contributed by atoms with Crippen molar-refractivity contribution in [3.63, 3.8) is 0 Å². The minimum atomic E-state index is -1.15. The van der Waals surface area contributed by atoms with E-state index in [2.05, 4.69) is 0 Å². The summed E-state index contributed by atoms with van der Waals surface area (Å²) in [6.07, 6.45) is 1.01. The second-order valence-electron chi connectivity index (χ2n) is 3.60. The molecule has 0 saturated heterocycles. The van der Waals surface area contributed by atoms with Crippen LogP contribution in [0.4, 0.5) is 8.78 Å². The van der Waals surface area contributed by atoms with E-state index in [1.165, 1.54) is 7.11 Å². The van der Waals surface area contributed by atoms with Gasteiger partial charge in [0.05, 0.1) is 12.7 Å². The Bertz CT molecular complexity index is 416. The van der Waals surface area contributed by atoms with Gasteiger partial charge in [0.25, 0.3) is 0 Å². The first-order chi connectivity index (χ1) is 6.99. The van der Waals surface area contributed by atoms with Crippen molar-refractivity contribution in [3.05, 3.63) is 28.3 Å². The Morgan fingerprint density at radius 2 is 2.07 bits per heavy atom. The molecule has 0 bridgehead atoms. The van der Waals surface area contributed by atoms with Crippen molar-refractivity contribution in [1.82, 2.24) is 0 Å². The van der Waals surface area contributed by atoms with Gasteiger partial charge >= 0.3 is 0 Å². The second kappa shape index (κ2) is 3.32. The molecule has 5 heteroatoms. The monoisotopic (exact) mass is 234 g/mol. The zero-order chi connectivity index (χ0) is 11.2. The van der Waals surface area contributed by atoms with Gasteiger partial charge in [-0.2, -0.15) is 0 Å². The molecule has 2 nitrogen and oxygen atoms in total. The van der Waals surface area contributed by atoms with Gasteiger partial charge in [-0.15, -0.1) is 0 Å². The van der Waals surface area contributed by atoms with Crippen LogP contribution in [-0.4, -0.2) is 12.2 Å². The molecule has 0 amide bonds. The molecule has 0 radical (unpaired) electrons. The van der Waals surface area contributed by atoms with Gasteiger partial charge in [-0.25, -0.2) is 8.78 Å². The summed E-state index contributed by atoms with van der Waals surface area (Å²) in [5, 5.41) is 9.40. The molecule has 0 aromatic heterocycles. The maximum atomic E-state index is 13.1. The molecule has 0 spiro atoms. The summed E-state index contributed by atoms with van der Waals surface area (Å²) in [5.41, 5.74) is -0.891. The van der Waals surface area contributed by atoms with Crippen molar-refractivity contribution >= 4 is 11.6 Å². The molecular formula is C10H9ClF2O2. The minimum absolute atomic E-state index is 0.00978. The predicted octanol–water partition coefficient (Wildman–Crippen LogP) is 2.61. The minimum Gasteiger partial charge on any atom is -0.495 e. The molecule has 0 unspecified atom stereocenters. The third kappa shape index (κ3) is 1.58. The molecule has 0 heterocycles. The third-order valence-corrected chi connectivity index (χ3v) is 2.88. The van der Waals surface area contributed by atoms with Crippen LogP contribution in [0.3, 0.4) is 0 Å². The Labute approximate surface area is 90.4 Å². The second-order valence-corrected chi connectivity index (χ2v) is 3.98. The SMILES string of the molecule is COc1c(C2(O)CC2)cc(F)c(F)c1Cl. The van der Waals surface area contributed by atoms with Gasteiger partial charge in [0, 0.05) is 5.56 Å².